The molecule has 5 rings (SSSR count). The zero-order valence-electron chi connectivity index (χ0n) is 17.4. The van der Waals surface area contributed by atoms with Gasteiger partial charge in [0, 0.05) is 44.8 Å². The van der Waals surface area contributed by atoms with Crippen molar-refractivity contribution in [1.82, 2.24) is 24.5 Å². The second kappa shape index (κ2) is 8.01. The van der Waals surface area contributed by atoms with Gasteiger partial charge in [0.1, 0.15) is 23.5 Å². The number of aliphatic hydroxyl groups is 1. The number of nitrogens with zero attached hydrogens (tertiary/aromatic N) is 5. The maximum atomic E-state index is 10.3. The first kappa shape index (κ1) is 19.5. The van der Waals surface area contributed by atoms with Crippen molar-refractivity contribution in [3.63, 3.8) is 0 Å². The molecule has 1 fully saturated rings. The first-order valence-corrected chi connectivity index (χ1v) is 10.2. The third kappa shape index (κ3) is 3.85. The minimum absolute atomic E-state index is 0.343. The van der Waals surface area contributed by atoms with Gasteiger partial charge in [-0.05, 0) is 0 Å². The first-order valence-electron chi connectivity index (χ1n) is 10.2. The number of aliphatic hydroxyl groups excluding tert-OH is 1. The van der Waals surface area contributed by atoms with Gasteiger partial charge in [-0.3, -0.25) is 9.36 Å². The number of hydrogen-bond donors (Lipinski definition) is 2. The van der Waals surface area contributed by atoms with Crippen LogP contribution in [0.3, 0.4) is 0 Å². The summed E-state index contributed by atoms with van der Waals surface area (Å²) in [5.41, 5.74) is 2.58. The molecule has 160 valence electrons. The molecule has 1 aromatic carbocycles. The molecule has 1 saturated heterocycles. The molecular weight excluding hydrogens is 396 g/mol. The predicted molar refractivity (Wildman–Crippen MR) is 116 cm³/mol. The Morgan fingerprint density at radius 3 is 2.81 bits per heavy atom. The molecule has 3 aromatic heterocycles. The van der Waals surface area contributed by atoms with Gasteiger partial charge in [-0.25, -0.2) is 4.98 Å². The third-order valence-electron chi connectivity index (χ3n) is 5.42. The highest BCUT2D eigenvalue weighted by Crippen LogP contribution is 2.31. The van der Waals surface area contributed by atoms with Gasteiger partial charge in [0.2, 0.25) is 0 Å². The number of benzene rings is 1. The quantitative estimate of drug-likeness (QED) is 0.512. The predicted octanol–water partition coefficient (Wildman–Crippen LogP) is 2.64. The van der Waals surface area contributed by atoms with Gasteiger partial charge in [-0.1, -0.05) is 30.3 Å². The highest BCUT2D eigenvalue weighted by Gasteiger charge is 2.27. The monoisotopic (exact) mass is 420 g/mol. The lowest BCUT2D eigenvalue weighted by molar-refractivity contribution is -0.0730. The molecule has 1 aliphatic rings. The molecule has 31 heavy (non-hydrogen) atoms. The van der Waals surface area contributed by atoms with Crippen LogP contribution in [0.15, 0.2) is 48.7 Å². The van der Waals surface area contributed by atoms with E-state index in [2.05, 4.69) is 15.5 Å². The van der Waals surface area contributed by atoms with E-state index in [0.717, 1.165) is 22.5 Å². The van der Waals surface area contributed by atoms with Crippen LogP contribution < -0.4 is 10.1 Å². The molecule has 2 N–H and O–H groups in total. The second-order valence-electron chi connectivity index (χ2n) is 7.63. The van der Waals surface area contributed by atoms with E-state index in [4.69, 9.17) is 14.5 Å². The Hall–Kier alpha value is -3.43. The summed E-state index contributed by atoms with van der Waals surface area (Å²) in [4.78, 5) is 4.70. The van der Waals surface area contributed by atoms with E-state index in [9.17, 15) is 5.11 Å². The molecule has 4 heterocycles. The van der Waals surface area contributed by atoms with Gasteiger partial charge in [0.05, 0.1) is 30.0 Å². The lowest BCUT2D eigenvalue weighted by atomic mass is 10.1. The fraction of sp³-hybridized carbons (Fsp3) is 0.318. The van der Waals surface area contributed by atoms with Gasteiger partial charge in [0.15, 0.2) is 5.65 Å². The summed E-state index contributed by atoms with van der Waals surface area (Å²) >= 11 is 0. The van der Waals surface area contributed by atoms with Crippen molar-refractivity contribution in [2.75, 3.05) is 18.5 Å². The SMILES string of the molecule is Cn1nc(-c2ccccc2)cc1Nc1cc(O[C@H]2COCC[C@H]2O)c2cnn(C)c2n1. The Morgan fingerprint density at radius 2 is 2.00 bits per heavy atom. The average Bonchev–Trinajstić information content (AvgIpc) is 3.33. The fourth-order valence-electron chi connectivity index (χ4n) is 3.69. The largest absolute Gasteiger partial charge is 0.484 e. The summed E-state index contributed by atoms with van der Waals surface area (Å²) < 4.78 is 15.1. The Balaban J connectivity index is 1.48. The zero-order chi connectivity index (χ0) is 21.4. The summed E-state index contributed by atoms with van der Waals surface area (Å²) in [5.74, 6) is 1.99. The molecular formula is C22H24N6O3. The molecule has 9 heteroatoms. The van der Waals surface area contributed by atoms with Crippen molar-refractivity contribution in [1.29, 1.82) is 0 Å². The molecule has 4 aromatic rings. The molecule has 0 radical (unpaired) electrons. The van der Waals surface area contributed by atoms with Gasteiger partial charge in [-0.2, -0.15) is 10.2 Å². The van der Waals surface area contributed by atoms with Gasteiger partial charge < -0.3 is 19.9 Å². The lowest BCUT2D eigenvalue weighted by Gasteiger charge is -2.28. The highest BCUT2D eigenvalue weighted by molar-refractivity contribution is 5.84. The van der Waals surface area contributed by atoms with Crippen LogP contribution in [-0.2, 0) is 18.8 Å². The maximum absolute atomic E-state index is 10.3. The molecule has 0 saturated carbocycles. The molecule has 1 aliphatic heterocycles. The van der Waals surface area contributed by atoms with Gasteiger partial charge >= 0.3 is 0 Å². The number of rotatable bonds is 5. The van der Waals surface area contributed by atoms with Crippen molar-refractivity contribution in [2.24, 2.45) is 14.1 Å². The number of nitrogens with one attached hydrogen (secondary N) is 1. The summed E-state index contributed by atoms with van der Waals surface area (Å²) in [6, 6.07) is 13.8. The summed E-state index contributed by atoms with van der Waals surface area (Å²) in [6.07, 6.45) is 1.26. The average molecular weight is 420 g/mol. The maximum Gasteiger partial charge on any atom is 0.163 e. The highest BCUT2D eigenvalue weighted by atomic mass is 16.5. The van der Waals surface area contributed by atoms with E-state index in [1.807, 2.05) is 56.6 Å². The molecule has 2 atom stereocenters. The normalized spacial score (nSPS) is 18.9. The van der Waals surface area contributed by atoms with Crippen LogP contribution in [0.4, 0.5) is 11.6 Å². The summed E-state index contributed by atoms with van der Waals surface area (Å²) in [6.45, 7) is 0.882. The van der Waals surface area contributed by atoms with Crippen molar-refractivity contribution in [2.45, 2.75) is 18.6 Å². The van der Waals surface area contributed by atoms with Crippen LogP contribution in [0.5, 0.6) is 5.75 Å². The summed E-state index contributed by atoms with van der Waals surface area (Å²) in [5, 5.41) is 23.3. The van der Waals surface area contributed by atoms with Gasteiger partial charge in [0.25, 0.3) is 0 Å². The Morgan fingerprint density at radius 1 is 1.16 bits per heavy atom. The van der Waals surface area contributed by atoms with Crippen LogP contribution in [0, 0.1) is 0 Å². The van der Waals surface area contributed by atoms with E-state index in [-0.39, 0.29) is 0 Å². The van der Waals surface area contributed by atoms with E-state index in [0.29, 0.717) is 36.8 Å². The third-order valence-corrected chi connectivity index (χ3v) is 5.42. The smallest absolute Gasteiger partial charge is 0.163 e. The number of pyridine rings is 1. The van der Waals surface area contributed by atoms with Crippen molar-refractivity contribution < 1.29 is 14.6 Å². The number of ether oxygens (including phenoxy) is 2. The van der Waals surface area contributed by atoms with E-state index < -0.39 is 12.2 Å². The number of anilines is 2. The Labute approximate surface area is 179 Å². The molecule has 0 unspecified atom stereocenters. The zero-order valence-corrected chi connectivity index (χ0v) is 17.4. The minimum atomic E-state index is -0.574. The van der Waals surface area contributed by atoms with Gasteiger partial charge in [-0.15, -0.1) is 0 Å². The van der Waals surface area contributed by atoms with E-state index in [1.165, 1.54) is 0 Å². The Kier molecular flexibility index (Phi) is 5.05. The number of hydrogen-bond acceptors (Lipinski definition) is 7. The molecule has 9 nitrogen and oxygen atoms in total. The van der Waals surface area contributed by atoms with E-state index in [1.54, 1.807) is 15.6 Å². The standard InChI is InChI=1S/C22H24N6O3/c1-27-21(10-16(26-27)14-6-4-3-5-7-14)24-20-11-18(15-12-23-28(2)22(15)25-20)31-19-13-30-9-8-17(19)29/h3-7,10-12,17,19,29H,8-9,13H2,1-2H3,(H,24,25)/t17-,19+/m1/s1. The molecule has 0 spiro atoms. The van der Waals surface area contributed by atoms with Crippen molar-refractivity contribution in [3.8, 4) is 17.0 Å². The van der Waals surface area contributed by atoms with Crippen LogP contribution in [0.25, 0.3) is 22.3 Å². The minimum Gasteiger partial charge on any atom is -0.484 e. The fourth-order valence-corrected chi connectivity index (χ4v) is 3.69. The molecule has 0 amide bonds. The summed E-state index contributed by atoms with van der Waals surface area (Å²) in [7, 11) is 3.71. The van der Waals surface area contributed by atoms with E-state index >= 15 is 0 Å². The van der Waals surface area contributed by atoms with Crippen molar-refractivity contribution >= 4 is 22.7 Å². The first-order chi connectivity index (χ1) is 15.1. The number of aryl methyl sites for hydroxylation is 2. The van der Waals surface area contributed by atoms with Crippen LogP contribution in [0.2, 0.25) is 0 Å². The van der Waals surface area contributed by atoms with Crippen LogP contribution >= 0.6 is 0 Å². The van der Waals surface area contributed by atoms with Crippen molar-refractivity contribution in [3.05, 3.63) is 48.7 Å². The number of aromatic nitrogens is 5. The topological polar surface area (TPSA) is 99.3 Å². The number of fused-ring (bicyclic) bond motifs is 1. The lowest BCUT2D eigenvalue weighted by Crippen LogP contribution is -2.40. The second-order valence-corrected chi connectivity index (χ2v) is 7.63. The molecule has 0 aliphatic carbocycles. The van der Waals surface area contributed by atoms with Crippen LogP contribution in [-0.4, -0.2) is 55.1 Å². The molecule has 0 bridgehead atoms. The Bertz CT molecular complexity index is 1200. The van der Waals surface area contributed by atoms with Crippen LogP contribution in [0.1, 0.15) is 6.42 Å².